The van der Waals surface area contributed by atoms with Crippen LogP contribution in [0.25, 0.3) is 32.8 Å². The fourth-order valence-electron chi connectivity index (χ4n) is 2.90. The molecular formula is C21H15NO. The summed E-state index contributed by atoms with van der Waals surface area (Å²) in [7, 11) is 0. The second-order valence-electron chi connectivity index (χ2n) is 5.78. The number of rotatable bonds is 1. The van der Waals surface area contributed by atoms with Gasteiger partial charge in [-0.05, 0) is 36.1 Å². The van der Waals surface area contributed by atoms with E-state index >= 15 is 0 Å². The van der Waals surface area contributed by atoms with Crippen LogP contribution in [0.2, 0.25) is 0 Å². The largest absolute Gasteiger partial charge is 0.289 e. The molecule has 4 aromatic rings. The highest BCUT2D eigenvalue weighted by atomic mass is 16.1. The maximum Gasteiger partial charge on any atom is 0.195 e. The molecule has 0 N–H and O–H groups in total. The first-order valence-electron chi connectivity index (χ1n) is 7.61. The van der Waals surface area contributed by atoms with Crippen LogP contribution >= 0.6 is 0 Å². The third kappa shape index (κ3) is 2.38. The molecule has 0 amide bonds. The normalized spacial score (nSPS) is 11.0. The smallest absolute Gasteiger partial charge is 0.195 e. The number of nitrogens with zero attached hydrogens (tertiary/aromatic N) is 1. The maximum absolute atomic E-state index is 13.0. The van der Waals surface area contributed by atoms with Gasteiger partial charge in [-0.3, -0.25) is 9.78 Å². The van der Waals surface area contributed by atoms with Gasteiger partial charge in [0, 0.05) is 22.5 Å². The molecule has 1 heterocycles. The topological polar surface area (TPSA) is 30.0 Å². The molecule has 23 heavy (non-hydrogen) atoms. The van der Waals surface area contributed by atoms with Gasteiger partial charge in [0.15, 0.2) is 5.43 Å². The van der Waals surface area contributed by atoms with Crippen LogP contribution in [0.1, 0.15) is 5.56 Å². The summed E-state index contributed by atoms with van der Waals surface area (Å²) in [6.45, 7) is 2.00. The molecule has 0 aliphatic rings. The molecule has 0 unspecified atom stereocenters. The Kier molecular flexibility index (Phi) is 3.16. The first kappa shape index (κ1) is 13.6. The van der Waals surface area contributed by atoms with Gasteiger partial charge < -0.3 is 0 Å². The lowest BCUT2D eigenvalue weighted by Crippen LogP contribution is -1.99. The minimum Gasteiger partial charge on any atom is -0.289 e. The third-order valence-electron chi connectivity index (χ3n) is 4.14. The Labute approximate surface area is 134 Å². The van der Waals surface area contributed by atoms with Crippen LogP contribution in [0.5, 0.6) is 0 Å². The van der Waals surface area contributed by atoms with E-state index in [1.54, 1.807) is 0 Å². The van der Waals surface area contributed by atoms with Gasteiger partial charge in [-0.15, -0.1) is 0 Å². The van der Waals surface area contributed by atoms with Crippen LogP contribution < -0.4 is 5.43 Å². The van der Waals surface area contributed by atoms with E-state index in [9.17, 15) is 4.79 Å². The molecule has 0 saturated carbocycles. The summed E-state index contributed by atoms with van der Waals surface area (Å²) in [5.74, 6) is 0. The minimum atomic E-state index is 0.0361. The predicted molar refractivity (Wildman–Crippen MR) is 95.7 cm³/mol. The van der Waals surface area contributed by atoms with E-state index in [-0.39, 0.29) is 5.43 Å². The first-order valence-corrected chi connectivity index (χ1v) is 7.61. The van der Waals surface area contributed by atoms with Gasteiger partial charge in [-0.2, -0.15) is 0 Å². The summed E-state index contributed by atoms with van der Waals surface area (Å²) in [5.41, 5.74) is 3.87. The van der Waals surface area contributed by atoms with Gasteiger partial charge in [0.25, 0.3) is 0 Å². The number of hydrogen-bond donors (Lipinski definition) is 0. The number of benzene rings is 2. The highest BCUT2D eigenvalue weighted by Gasteiger charge is 2.06. The molecule has 2 nitrogen and oxygen atoms in total. The molecule has 0 bridgehead atoms. The van der Waals surface area contributed by atoms with Crippen molar-refractivity contribution in [3.8, 4) is 11.1 Å². The van der Waals surface area contributed by atoms with Crippen molar-refractivity contribution >= 4 is 21.7 Å². The van der Waals surface area contributed by atoms with Crippen LogP contribution in [0.3, 0.4) is 0 Å². The fourth-order valence-corrected chi connectivity index (χ4v) is 2.90. The molecule has 0 radical (unpaired) electrons. The number of pyridine rings is 1. The van der Waals surface area contributed by atoms with Gasteiger partial charge in [-0.25, -0.2) is 0 Å². The van der Waals surface area contributed by atoms with E-state index in [4.69, 9.17) is 0 Å². The summed E-state index contributed by atoms with van der Waals surface area (Å²) >= 11 is 0. The lowest BCUT2D eigenvalue weighted by molar-refractivity contribution is 1.41. The van der Waals surface area contributed by atoms with E-state index in [1.165, 1.54) is 0 Å². The number of hydrogen-bond acceptors (Lipinski definition) is 2. The maximum atomic E-state index is 13.0. The Bertz CT molecular complexity index is 1090. The molecule has 3 aromatic carbocycles. The summed E-state index contributed by atoms with van der Waals surface area (Å²) in [4.78, 5) is 17.5. The number of fused-ring (bicyclic) bond motifs is 2. The van der Waals surface area contributed by atoms with Crippen molar-refractivity contribution in [1.29, 1.82) is 0 Å². The van der Waals surface area contributed by atoms with Gasteiger partial charge in [0.05, 0.1) is 5.52 Å². The van der Waals surface area contributed by atoms with Crippen LogP contribution in [0.15, 0.2) is 77.7 Å². The Morgan fingerprint density at radius 3 is 2.39 bits per heavy atom. The second-order valence-corrected chi connectivity index (χ2v) is 5.78. The molecule has 110 valence electrons. The van der Waals surface area contributed by atoms with Crippen LogP contribution in [-0.4, -0.2) is 4.98 Å². The average molecular weight is 297 g/mol. The van der Waals surface area contributed by atoms with E-state index in [2.05, 4.69) is 4.98 Å². The van der Waals surface area contributed by atoms with Crippen molar-refractivity contribution in [3.05, 3.63) is 88.7 Å². The van der Waals surface area contributed by atoms with Gasteiger partial charge in [0.2, 0.25) is 0 Å². The lowest BCUT2D eigenvalue weighted by Gasteiger charge is -2.01. The molecule has 0 fully saturated rings. The number of aromatic nitrogens is 1. The Morgan fingerprint density at radius 2 is 1.57 bits per heavy atom. The molecular weight excluding hydrogens is 282 g/mol. The quantitative estimate of drug-likeness (QED) is 0.508. The number of aryl methyl sites for hydroxylation is 1. The third-order valence-corrected chi connectivity index (χ3v) is 4.14. The fraction of sp³-hybridized carbons (Fsp3) is 0.0476. The highest BCUT2D eigenvalue weighted by molar-refractivity contribution is 5.93. The summed E-state index contributed by atoms with van der Waals surface area (Å²) in [5, 5.41) is 2.35. The zero-order valence-electron chi connectivity index (χ0n) is 12.8. The minimum absolute atomic E-state index is 0.0361. The van der Waals surface area contributed by atoms with Gasteiger partial charge >= 0.3 is 0 Å². The van der Waals surface area contributed by atoms with Crippen molar-refractivity contribution in [1.82, 2.24) is 4.98 Å². The van der Waals surface area contributed by atoms with Gasteiger partial charge in [-0.1, -0.05) is 54.1 Å². The van der Waals surface area contributed by atoms with Gasteiger partial charge in [0.1, 0.15) is 0 Å². The lowest BCUT2D eigenvalue weighted by atomic mass is 10.1. The average Bonchev–Trinajstić information content (AvgIpc) is 2.73. The Morgan fingerprint density at radius 1 is 0.783 bits per heavy atom. The van der Waals surface area contributed by atoms with Crippen molar-refractivity contribution in [2.45, 2.75) is 6.92 Å². The predicted octanol–water partition coefficient (Wildman–Crippen LogP) is 4.72. The Hall–Kier alpha value is -3.00. The molecule has 2 heteroatoms. The zero-order chi connectivity index (χ0) is 15.8. The van der Waals surface area contributed by atoms with Crippen molar-refractivity contribution in [3.63, 3.8) is 0 Å². The Balaban J connectivity index is 2.10. The van der Waals surface area contributed by atoms with Crippen LogP contribution in [0.4, 0.5) is 0 Å². The summed E-state index contributed by atoms with van der Waals surface area (Å²) < 4.78 is 0. The monoisotopic (exact) mass is 297 g/mol. The van der Waals surface area contributed by atoms with E-state index < -0.39 is 0 Å². The van der Waals surface area contributed by atoms with E-state index in [0.29, 0.717) is 5.39 Å². The standard InChI is InChI=1S/C21H15NO/c1-14-7-8-16-9-10-20-19(21(23)18(16)11-14)12-17(13-22-20)15-5-3-2-4-6-15/h2-13H,1H3. The molecule has 0 spiro atoms. The highest BCUT2D eigenvalue weighted by Crippen LogP contribution is 2.22. The first-order chi connectivity index (χ1) is 11.2. The van der Waals surface area contributed by atoms with Crippen molar-refractivity contribution in [2.24, 2.45) is 0 Å². The molecule has 0 atom stereocenters. The second kappa shape index (κ2) is 5.33. The zero-order valence-corrected chi connectivity index (χ0v) is 12.8. The van der Waals surface area contributed by atoms with E-state index in [1.807, 2.05) is 79.9 Å². The summed E-state index contributed by atoms with van der Waals surface area (Å²) in [6, 6.07) is 21.8. The van der Waals surface area contributed by atoms with Crippen molar-refractivity contribution < 1.29 is 0 Å². The molecule has 0 saturated heterocycles. The molecule has 4 rings (SSSR count). The molecule has 0 aliphatic carbocycles. The van der Waals surface area contributed by atoms with E-state index in [0.717, 1.165) is 33.0 Å². The summed E-state index contributed by atoms with van der Waals surface area (Å²) in [6.07, 6.45) is 1.83. The van der Waals surface area contributed by atoms with Crippen LogP contribution in [0, 0.1) is 6.92 Å². The SMILES string of the molecule is Cc1ccc2ccc3ncc(-c4ccccc4)cc3c(=O)c2c1. The van der Waals surface area contributed by atoms with Crippen molar-refractivity contribution in [2.75, 3.05) is 0 Å². The molecule has 0 aliphatic heterocycles. The molecule has 1 aromatic heterocycles. The van der Waals surface area contributed by atoms with Crippen LogP contribution in [-0.2, 0) is 0 Å².